The van der Waals surface area contributed by atoms with Gasteiger partial charge in [0.1, 0.15) is 0 Å². The van der Waals surface area contributed by atoms with E-state index in [1.807, 2.05) is 0 Å². The van der Waals surface area contributed by atoms with Crippen molar-refractivity contribution >= 4 is 17.9 Å². The molecule has 0 heterocycles. The SMILES string of the molecule is [CH2-]C12CC3(COC(=O)CCCN(CC)CC)CC(COC(=O)CC(CCCCC)CCCCC)(C1)CC(COC(=O)CC(CCCCC)CCCCC)(C2)C3.[Mo]. The van der Waals surface area contributed by atoms with Crippen molar-refractivity contribution < 1.29 is 49.7 Å². The summed E-state index contributed by atoms with van der Waals surface area (Å²) in [5.41, 5.74) is -0.989. The molecule has 0 saturated heterocycles. The first kappa shape index (κ1) is 51.2. The molecular weight excluding hydrogens is 782 g/mol. The van der Waals surface area contributed by atoms with Crippen molar-refractivity contribution in [3.05, 3.63) is 6.92 Å². The van der Waals surface area contributed by atoms with Gasteiger partial charge in [0.05, 0.1) is 19.8 Å². The van der Waals surface area contributed by atoms with Crippen LogP contribution in [0.25, 0.3) is 0 Å². The first-order chi connectivity index (χ1) is 26.4. The maximum absolute atomic E-state index is 13.6. The molecule has 0 aromatic carbocycles. The zero-order valence-corrected chi connectivity index (χ0v) is 39.3. The molecule has 0 spiro atoms. The summed E-state index contributed by atoms with van der Waals surface area (Å²) >= 11 is 0. The van der Waals surface area contributed by atoms with Gasteiger partial charge in [-0.25, -0.2) is 0 Å². The summed E-state index contributed by atoms with van der Waals surface area (Å²) in [7, 11) is 0. The number of nitrogens with zero attached hydrogens (tertiary/aromatic N) is 1. The molecule has 4 bridgehead atoms. The Morgan fingerprint density at radius 3 is 1.18 bits per heavy atom. The van der Waals surface area contributed by atoms with Crippen molar-refractivity contribution in [3.63, 3.8) is 0 Å². The normalized spacial score (nSPS) is 25.2. The molecule has 4 rings (SSSR count). The van der Waals surface area contributed by atoms with Gasteiger partial charge in [0.2, 0.25) is 0 Å². The van der Waals surface area contributed by atoms with Crippen LogP contribution in [0.5, 0.6) is 0 Å². The number of esters is 3. The Kier molecular flexibility index (Phi) is 24.1. The van der Waals surface area contributed by atoms with E-state index >= 15 is 0 Å². The van der Waals surface area contributed by atoms with Gasteiger partial charge in [0.15, 0.2) is 0 Å². The van der Waals surface area contributed by atoms with Crippen molar-refractivity contribution in [2.45, 2.75) is 208 Å². The van der Waals surface area contributed by atoms with Gasteiger partial charge in [0, 0.05) is 56.6 Å². The average molecular weight is 869 g/mol. The number of rotatable bonds is 32. The van der Waals surface area contributed by atoms with E-state index in [-0.39, 0.29) is 60.6 Å². The van der Waals surface area contributed by atoms with E-state index in [1.54, 1.807) is 0 Å². The van der Waals surface area contributed by atoms with Crippen LogP contribution < -0.4 is 0 Å². The van der Waals surface area contributed by atoms with Crippen LogP contribution in [0.2, 0.25) is 0 Å². The van der Waals surface area contributed by atoms with Crippen molar-refractivity contribution in [1.29, 1.82) is 0 Å². The third-order valence-corrected chi connectivity index (χ3v) is 13.6. The van der Waals surface area contributed by atoms with E-state index in [0.29, 0.717) is 50.9 Å². The van der Waals surface area contributed by atoms with Gasteiger partial charge in [-0.05, 0) is 82.8 Å². The topological polar surface area (TPSA) is 82.1 Å². The maximum atomic E-state index is 13.6. The van der Waals surface area contributed by atoms with E-state index in [0.717, 1.165) is 90.3 Å². The van der Waals surface area contributed by atoms with Gasteiger partial charge >= 0.3 is 17.9 Å². The van der Waals surface area contributed by atoms with E-state index in [4.69, 9.17) is 21.1 Å². The number of hydrogen-bond donors (Lipinski definition) is 0. The summed E-state index contributed by atoms with van der Waals surface area (Å²) < 4.78 is 18.8. The second-order valence-electron chi connectivity index (χ2n) is 19.3. The number of hydrogen-bond acceptors (Lipinski definition) is 7. The molecule has 4 fully saturated rings. The number of unbranched alkanes of at least 4 members (excludes halogenated alkanes) is 8. The molecule has 0 aromatic heterocycles. The van der Waals surface area contributed by atoms with Crippen molar-refractivity contribution in [1.82, 2.24) is 4.90 Å². The predicted octanol–water partition coefficient (Wildman–Crippen LogP) is 12.2. The van der Waals surface area contributed by atoms with Gasteiger partial charge in [0.25, 0.3) is 0 Å². The Bertz CT molecular complexity index is 1050. The summed E-state index contributed by atoms with van der Waals surface area (Å²) in [6, 6.07) is 0. The number of ether oxygens (including phenoxy) is 3. The van der Waals surface area contributed by atoms with Crippen molar-refractivity contribution in [3.8, 4) is 0 Å². The van der Waals surface area contributed by atoms with Crippen LogP contribution in [0.1, 0.15) is 208 Å². The van der Waals surface area contributed by atoms with Crippen LogP contribution in [0.4, 0.5) is 0 Å². The first-order valence-electron chi connectivity index (χ1n) is 23.4. The summed E-state index contributed by atoms with van der Waals surface area (Å²) in [4.78, 5) is 42.7. The largest absolute Gasteiger partial charge is 0.465 e. The third-order valence-electron chi connectivity index (χ3n) is 13.6. The smallest absolute Gasteiger partial charge is 0.306 e. The molecule has 4 saturated carbocycles. The van der Waals surface area contributed by atoms with Crippen LogP contribution >= 0.6 is 0 Å². The molecule has 2 unspecified atom stereocenters. The first-order valence-corrected chi connectivity index (χ1v) is 23.4. The Morgan fingerprint density at radius 1 is 0.518 bits per heavy atom. The van der Waals surface area contributed by atoms with E-state index < -0.39 is 0 Å². The number of carbonyl (C=O) groups excluding carboxylic acids is 3. The molecule has 4 aliphatic rings. The second-order valence-corrected chi connectivity index (χ2v) is 19.3. The molecule has 7 nitrogen and oxygen atoms in total. The molecule has 326 valence electrons. The van der Waals surface area contributed by atoms with Crippen LogP contribution in [0, 0.1) is 40.4 Å². The van der Waals surface area contributed by atoms with Crippen LogP contribution in [0.3, 0.4) is 0 Å². The Hall–Kier alpha value is -0.942. The van der Waals surface area contributed by atoms with Crippen LogP contribution in [0.15, 0.2) is 0 Å². The Morgan fingerprint density at radius 2 is 0.857 bits per heavy atom. The van der Waals surface area contributed by atoms with Gasteiger partial charge in [-0.15, -0.1) is 0 Å². The standard InChI is InChI=1S/C48H86NO6.Mo/c1-8-14-18-23-40(24-19-15-9-2)29-43(51)54-38-47-32-45(7)31-46(34-47,37-53-42(50)27-22-28-49(12-5)13-6)35-48(33-45,36-47)39-55-44(52)30-41(25-20-16-10-3)26-21-17-11-4;/h40-41H,7-39H2,1-6H3;/q-1;. The fourth-order valence-corrected chi connectivity index (χ4v) is 11.8. The zero-order chi connectivity index (χ0) is 40.2. The van der Waals surface area contributed by atoms with E-state index in [9.17, 15) is 14.4 Å². The minimum atomic E-state index is -0.254. The summed E-state index contributed by atoms with van der Waals surface area (Å²) in [6.07, 6.45) is 26.1. The average Bonchev–Trinajstić information content (AvgIpc) is 3.13. The second kappa shape index (κ2) is 26.3. The molecule has 0 amide bonds. The van der Waals surface area contributed by atoms with Crippen LogP contribution in [-0.2, 0) is 49.7 Å². The van der Waals surface area contributed by atoms with Crippen LogP contribution in [-0.4, -0.2) is 62.3 Å². The molecule has 2 atom stereocenters. The molecule has 0 N–H and O–H groups in total. The maximum Gasteiger partial charge on any atom is 0.306 e. The summed E-state index contributed by atoms with van der Waals surface area (Å²) in [5, 5.41) is 0. The molecule has 0 aromatic rings. The van der Waals surface area contributed by atoms with Gasteiger partial charge in [-0.1, -0.05) is 138 Å². The fraction of sp³-hybridized carbons (Fsp3) is 0.917. The minimum Gasteiger partial charge on any atom is -0.465 e. The quantitative estimate of drug-likeness (QED) is 0.0219. The molecule has 8 heteroatoms. The zero-order valence-electron chi connectivity index (χ0n) is 37.3. The molecule has 56 heavy (non-hydrogen) atoms. The van der Waals surface area contributed by atoms with Gasteiger partial charge < -0.3 is 26.0 Å². The fourth-order valence-electron chi connectivity index (χ4n) is 11.8. The minimum absolute atomic E-state index is 0. The summed E-state index contributed by atoms with van der Waals surface area (Å²) in [6.45, 7) is 22.1. The monoisotopic (exact) mass is 871 g/mol. The number of carbonyl (C=O) groups is 3. The van der Waals surface area contributed by atoms with Gasteiger partial charge in [-0.3, -0.25) is 14.4 Å². The van der Waals surface area contributed by atoms with Crippen molar-refractivity contribution in [2.75, 3.05) is 39.5 Å². The molecule has 0 aliphatic heterocycles. The summed E-state index contributed by atoms with van der Waals surface area (Å²) in [5.74, 6) is 0.493. The van der Waals surface area contributed by atoms with E-state index in [1.165, 1.54) is 77.0 Å². The Labute approximate surface area is 359 Å². The third kappa shape index (κ3) is 17.3. The molecular formula is C48H86MoNO6-. The van der Waals surface area contributed by atoms with Gasteiger partial charge in [-0.2, -0.15) is 5.41 Å². The predicted molar refractivity (Wildman–Crippen MR) is 225 cm³/mol. The molecule has 0 radical (unpaired) electrons. The van der Waals surface area contributed by atoms with Crippen molar-refractivity contribution in [2.24, 2.45) is 33.5 Å². The molecule has 4 aliphatic carbocycles. The Balaban J connectivity index is 0.0000108. The van der Waals surface area contributed by atoms with E-state index in [2.05, 4.69) is 46.4 Å².